The topological polar surface area (TPSA) is 97.9 Å². The SMILES string of the molecule is CNc1nc(C)c(N)c(NC(C)c2cc3cccc(Cl)c3c(=O)n2-c2ccccc2)n1. The van der Waals surface area contributed by atoms with Crippen LogP contribution in [0.15, 0.2) is 59.4 Å². The summed E-state index contributed by atoms with van der Waals surface area (Å²) in [6.07, 6.45) is 0. The van der Waals surface area contributed by atoms with Crippen LogP contribution in [0.4, 0.5) is 17.5 Å². The molecule has 4 rings (SSSR count). The Morgan fingerprint density at radius 1 is 1.10 bits per heavy atom. The lowest BCUT2D eigenvalue weighted by molar-refractivity contribution is 0.773. The van der Waals surface area contributed by atoms with Gasteiger partial charge in [-0.3, -0.25) is 9.36 Å². The highest BCUT2D eigenvalue weighted by Gasteiger charge is 2.19. The number of aryl methyl sites for hydroxylation is 1. The first kappa shape index (κ1) is 20.7. The number of nitrogens with zero attached hydrogens (tertiary/aromatic N) is 3. The van der Waals surface area contributed by atoms with Gasteiger partial charge in [0.15, 0.2) is 5.82 Å². The molecular weight excluding hydrogens is 412 g/mol. The van der Waals surface area contributed by atoms with Crippen LogP contribution in [0.5, 0.6) is 0 Å². The van der Waals surface area contributed by atoms with Gasteiger partial charge in [0.05, 0.1) is 27.8 Å². The zero-order chi connectivity index (χ0) is 22.1. The number of nitrogens with two attached hydrogens (primary N) is 1. The van der Waals surface area contributed by atoms with Crippen molar-refractivity contribution >= 4 is 39.8 Å². The Kier molecular flexibility index (Phi) is 5.52. The van der Waals surface area contributed by atoms with Crippen LogP contribution in [0.25, 0.3) is 16.5 Å². The highest BCUT2D eigenvalue weighted by molar-refractivity contribution is 6.35. The van der Waals surface area contributed by atoms with Crippen LogP contribution in [0.1, 0.15) is 24.4 Å². The van der Waals surface area contributed by atoms with Crippen LogP contribution in [0.2, 0.25) is 5.02 Å². The summed E-state index contributed by atoms with van der Waals surface area (Å²) >= 11 is 6.39. The molecule has 0 amide bonds. The third kappa shape index (κ3) is 3.80. The van der Waals surface area contributed by atoms with Crippen molar-refractivity contribution < 1.29 is 0 Å². The van der Waals surface area contributed by atoms with E-state index in [9.17, 15) is 4.79 Å². The molecule has 0 saturated heterocycles. The molecule has 2 aromatic heterocycles. The van der Waals surface area contributed by atoms with E-state index in [1.54, 1.807) is 17.7 Å². The van der Waals surface area contributed by atoms with Crippen LogP contribution >= 0.6 is 11.6 Å². The quantitative estimate of drug-likeness (QED) is 0.426. The van der Waals surface area contributed by atoms with E-state index in [4.69, 9.17) is 17.3 Å². The maximum Gasteiger partial charge on any atom is 0.264 e. The molecule has 158 valence electrons. The van der Waals surface area contributed by atoms with Crippen LogP contribution in [-0.2, 0) is 0 Å². The van der Waals surface area contributed by atoms with E-state index in [0.29, 0.717) is 33.6 Å². The van der Waals surface area contributed by atoms with Crippen LogP contribution < -0.4 is 21.9 Å². The standard InChI is InChI=1S/C23H23ClN6O/c1-13(27-21-20(25)14(2)28-23(26-3)29-21)18-12-15-8-7-11-17(24)19(15)22(31)30(18)16-9-5-4-6-10-16/h4-13H,25H2,1-3H3,(H2,26,27,28,29). The Balaban J connectivity index is 1.91. The third-order valence-corrected chi connectivity index (χ3v) is 5.51. The van der Waals surface area contributed by atoms with Gasteiger partial charge in [0.25, 0.3) is 5.56 Å². The number of anilines is 3. The molecule has 8 heteroatoms. The molecule has 7 nitrogen and oxygen atoms in total. The van der Waals surface area contributed by atoms with Crippen molar-refractivity contribution in [3.8, 4) is 5.69 Å². The summed E-state index contributed by atoms with van der Waals surface area (Å²) in [5.74, 6) is 0.967. The number of benzene rings is 2. The monoisotopic (exact) mass is 434 g/mol. The highest BCUT2D eigenvalue weighted by atomic mass is 35.5. The van der Waals surface area contributed by atoms with E-state index < -0.39 is 0 Å². The Hall–Kier alpha value is -3.58. The molecule has 0 aliphatic heterocycles. The van der Waals surface area contributed by atoms with Gasteiger partial charge in [-0.25, -0.2) is 4.98 Å². The largest absolute Gasteiger partial charge is 0.394 e. The molecule has 0 fully saturated rings. The summed E-state index contributed by atoms with van der Waals surface area (Å²) in [5.41, 5.74) is 8.68. The number of para-hydroxylation sites is 1. The number of nitrogen functional groups attached to an aromatic ring is 1. The lowest BCUT2D eigenvalue weighted by atomic mass is 10.1. The zero-order valence-electron chi connectivity index (χ0n) is 17.5. The summed E-state index contributed by atoms with van der Waals surface area (Å²) in [6, 6.07) is 16.6. The van der Waals surface area contributed by atoms with E-state index in [1.165, 1.54) is 0 Å². The first-order valence-corrected chi connectivity index (χ1v) is 10.3. The number of aromatic nitrogens is 3. The summed E-state index contributed by atoms with van der Waals surface area (Å²) < 4.78 is 1.68. The van der Waals surface area contributed by atoms with Crippen molar-refractivity contribution in [3.05, 3.63) is 81.4 Å². The van der Waals surface area contributed by atoms with E-state index in [2.05, 4.69) is 20.6 Å². The second kappa shape index (κ2) is 8.28. The van der Waals surface area contributed by atoms with E-state index in [0.717, 1.165) is 16.8 Å². The predicted molar refractivity (Wildman–Crippen MR) is 127 cm³/mol. The zero-order valence-corrected chi connectivity index (χ0v) is 18.2. The summed E-state index contributed by atoms with van der Waals surface area (Å²) in [7, 11) is 1.75. The van der Waals surface area contributed by atoms with Gasteiger partial charge in [0.2, 0.25) is 5.95 Å². The third-order valence-electron chi connectivity index (χ3n) is 5.20. The van der Waals surface area contributed by atoms with Crippen molar-refractivity contribution in [1.29, 1.82) is 0 Å². The van der Waals surface area contributed by atoms with E-state index >= 15 is 0 Å². The van der Waals surface area contributed by atoms with Crippen LogP contribution in [-0.4, -0.2) is 21.6 Å². The molecule has 1 unspecified atom stereocenters. The molecule has 0 aliphatic rings. The molecule has 4 aromatic rings. The number of pyridine rings is 1. The molecule has 31 heavy (non-hydrogen) atoms. The minimum Gasteiger partial charge on any atom is -0.394 e. The van der Waals surface area contributed by atoms with Crippen molar-refractivity contribution in [3.63, 3.8) is 0 Å². The van der Waals surface area contributed by atoms with Crippen molar-refractivity contribution in [2.24, 2.45) is 0 Å². The van der Waals surface area contributed by atoms with Gasteiger partial charge in [-0.2, -0.15) is 4.98 Å². The Labute approximate surface area is 184 Å². The molecule has 0 bridgehead atoms. The maximum atomic E-state index is 13.5. The highest BCUT2D eigenvalue weighted by Crippen LogP contribution is 2.29. The van der Waals surface area contributed by atoms with Gasteiger partial charge in [-0.05, 0) is 43.5 Å². The normalized spacial score (nSPS) is 12.0. The molecule has 1 atom stereocenters. The van der Waals surface area contributed by atoms with Crippen molar-refractivity contribution in [1.82, 2.24) is 14.5 Å². The molecule has 2 aromatic carbocycles. The first-order chi connectivity index (χ1) is 14.9. The van der Waals surface area contributed by atoms with Crippen molar-refractivity contribution in [2.45, 2.75) is 19.9 Å². The number of nitrogens with one attached hydrogen (secondary N) is 2. The van der Waals surface area contributed by atoms with E-state index in [-0.39, 0.29) is 11.6 Å². The van der Waals surface area contributed by atoms with E-state index in [1.807, 2.05) is 62.4 Å². The lowest BCUT2D eigenvalue weighted by Crippen LogP contribution is -2.26. The van der Waals surface area contributed by atoms with Crippen molar-refractivity contribution in [2.75, 3.05) is 23.4 Å². The van der Waals surface area contributed by atoms with Crippen LogP contribution in [0.3, 0.4) is 0 Å². The van der Waals surface area contributed by atoms with Gasteiger partial charge in [0.1, 0.15) is 0 Å². The number of halogens is 1. The fourth-order valence-corrected chi connectivity index (χ4v) is 3.85. The Morgan fingerprint density at radius 2 is 1.84 bits per heavy atom. The summed E-state index contributed by atoms with van der Waals surface area (Å²) in [6.45, 7) is 3.78. The first-order valence-electron chi connectivity index (χ1n) is 9.88. The molecule has 2 heterocycles. The predicted octanol–water partition coefficient (Wildman–Crippen LogP) is 4.54. The van der Waals surface area contributed by atoms with Gasteiger partial charge in [-0.15, -0.1) is 0 Å². The molecule has 0 spiro atoms. The average Bonchev–Trinajstić information content (AvgIpc) is 2.77. The molecule has 4 N–H and O–H groups in total. The molecule has 0 saturated carbocycles. The fraction of sp³-hybridized carbons (Fsp3) is 0.174. The molecular formula is C23H23ClN6O. The second-order valence-corrected chi connectivity index (χ2v) is 7.67. The van der Waals surface area contributed by atoms with Gasteiger partial charge in [-0.1, -0.05) is 41.9 Å². The van der Waals surface area contributed by atoms with Crippen LogP contribution in [0, 0.1) is 6.92 Å². The fourth-order valence-electron chi connectivity index (χ4n) is 3.58. The maximum absolute atomic E-state index is 13.5. The molecule has 0 radical (unpaired) electrons. The number of rotatable bonds is 5. The second-order valence-electron chi connectivity index (χ2n) is 7.26. The van der Waals surface area contributed by atoms with Gasteiger partial charge in [0, 0.05) is 18.4 Å². The number of fused-ring (bicyclic) bond motifs is 1. The minimum atomic E-state index is -0.294. The summed E-state index contributed by atoms with van der Waals surface area (Å²) in [5, 5.41) is 7.97. The van der Waals surface area contributed by atoms with Gasteiger partial charge >= 0.3 is 0 Å². The Bertz CT molecular complexity index is 1320. The smallest absolute Gasteiger partial charge is 0.264 e. The number of hydrogen-bond donors (Lipinski definition) is 3. The molecule has 0 aliphatic carbocycles. The average molecular weight is 435 g/mol. The summed E-state index contributed by atoms with van der Waals surface area (Å²) in [4.78, 5) is 22.3. The minimum absolute atomic E-state index is 0.180. The Morgan fingerprint density at radius 3 is 2.55 bits per heavy atom. The van der Waals surface area contributed by atoms with Gasteiger partial charge < -0.3 is 16.4 Å². The lowest BCUT2D eigenvalue weighted by Gasteiger charge is -2.22. The number of hydrogen-bond acceptors (Lipinski definition) is 6.